The molecule has 0 aliphatic carbocycles. The maximum atomic E-state index is 13.0. The van der Waals surface area contributed by atoms with Crippen molar-refractivity contribution in [3.8, 4) is 0 Å². The Labute approximate surface area is 154 Å². The quantitative estimate of drug-likeness (QED) is 0.754. The molecule has 0 bridgehead atoms. The molecule has 1 amide bonds. The van der Waals surface area contributed by atoms with Gasteiger partial charge in [0, 0.05) is 30.5 Å². The summed E-state index contributed by atoms with van der Waals surface area (Å²) >= 11 is 0. The number of fused-ring (bicyclic) bond motifs is 1. The maximum Gasteiger partial charge on any atom is 0.353 e. The topological polar surface area (TPSA) is 84.5 Å². The number of hydrogen-bond donors (Lipinski definition) is 1. The van der Waals surface area contributed by atoms with Crippen LogP contribution < -0.4 is 15.9 Å². The Morgan fingerprint density at radius 3 is 2.63 bits per heavy atom. The largest absolute Gasteiger partial charge is 0.353 e. The predicted octanol–water partition coefficient (Wildman–Crippen LogP) is 1.58. The summed E-state index contributed by atoms with van der Waals surface area (Å²) in [5, 5.41) is 6.91. The number of halogens is 1. The van der Waals surface area contributed by atoms with Crippen LogP contribution in [-0.4, -0.2) is 38.2 Å². The zero-order valence-corrected chi connectivity index (χ0v) is 14.9. The van der Waals surface area contributed by atoms with E-state index < -0.39 is 11.6 Å². The molecule has 0 atom stereocenters. The Bertz CT molecular complexity index is 1050. The third-order valence-corrected chi connectivity index (χ3v) is 4.49. The summed E-state index contributed by atoms with van der Waals surface area (Å²) in [6.07, 6.45) is 2.11. The first kappa shape index (κ1) is 17.2. The molecule has 0 spiro atoms. The van der Waals surface area contributed by atoms with Gasteiger partial charge in [0.05, 0.1) is 0 Å². The summed E-state index contributed by atoms with van der Waals surface area (Å²) < 4.78 is 15.5. The van der Waals surface area contributed by atoms with Crippen LogP contribution in [-0.2, 0) is 11.3 Å². The summed E-state index contributed by atoms with van der Waals surface area (Å²) in [7, 11) is 0. The van der Waals surface area contributed by atoms with Gasteiger partial charge < -0.3 is 10.2 Å². The number of carbonyl (C=O) groups excluding carboxylic acids is 1. The lowest BCUT2D eigenvalue weighted by Gasteiger charge is -2.17. The molecule has 0 saturated carbocycles. The van der Waals surface area contributed by atoms with Crippen LogP contribution in [0.4, 0.5) is 16.0 Å². The highest BCUT2D eigenvalue weighted by atomic mass is 19.1. The Hall–Kier alpha value is -3.23. The number of hydrogen-bond acceptors (Lipinski definition) is 5. The van der Waals surface area contributed by atoms with Crippen molar-refractivity contribution in [3.63, 3.8) is 0 Å². The lowest BCUT2D eigenvalue weighted by molar-refractivity contribution is -0.117. The molecular formula is C18H19FN6O2. The number of anilines is 2. The monoisotopic (exact) mass is 370 g/mol. The fourth-order valence-electron chi connectivity index (χ4n) is 3.23. The number of benzene rings is 1. The van der Waals surface area contributed by atoms with Gasteiger partial charge in [-0.05, 0) is 44.0 Å². The van der Waals surface area contributed by atoms with Crippen LogP contribution in [0, 0.1) is 12.7 Å². The minimum Gasteiger partial charge on any atom is -0.342 e. The molecule has 1 aliphatic rings. The van der Waals surface area contributed by atoms with E-state index in [0.717, 1.165) is 36.3 Å². The van der Waals surface area contributed by atoms with Gasteiger partial charge in [0.1, 0.15) is 12.4 Å². The number of nitrogens with zero attached hydrogens (tertiary/aromatic N) is 5. The van der Waals surface area contributed by atoms with E-state index >= 15 is 0 Å². The Morgan fingerprint density at radius 1 is 1.22 bits per heavy atom. The van der Waals surface area contributed by atoms with Crippen LogP contribution in [0.25, 0.3) is 5.65 Å². The van der Waals surface area contributed by atoms with Crippen LogP contribution in [0.15, 0.2) is 35.1 Å². The van der Waals surface area contributed by atoms with E-state index in [4.69, 9.17) is 0 Å². The van der Waals surface area contributed by atoms with Gasteiger partial charge in [-0.25, -0.2) is 23.3 Å². The standard InChI is InChI=1S/C18H19FN6O2/c1-12-10-15-22-24(11-16(26)21-14-6-4-13(19)5-7-14)18(27)25(15)17(20-12)23-8-2-3-9-23/h4-7,10H,2-3,8-9,11H2,1H3,(H,21,26). The van der Waals surface area contributed by atoms with Gasteiger partial charge in [0.15, 0.2) is 5.65 Å². The van der Waals surface area contributed by atoms with Crippen LogP contribution in [0.2, 0.25) is 0 Å². The molecule has 1 N–H and O–H groups in total. The van der Waals surface area contributed by atoms with Gasteiger partial charge in [0.2, 0.25) is 11.9 Å². The van der Waals surface area contributed by atoms with Crippen molar-refractivity contribution < 1.29 is 9.18 Å². The van der Waals surface area contributed by atoms with Gasteiger partial charge in [-0.3, -0.25) is 4.79 Å². The number of rotatable bonds is 4. The average molecular weight is 370 g/mol. The van der Waals surface area contributed by atoms with Crippen LogP contribution in [0.3, 0.4) is 0 Å². The molecule has 9 heteroatoms. The van der Waals surface area contributed by atoms with Crippen LogP contribution >= 0.6 is 0 Å². The smallest absolute Gasteiger partial charge is 0.342 e. The fraction of sp³-hybridized carbons (Fsp3) is 0.333. The molecule has 3 aromatic rings. The first-order valence-electron chi connectivity index (χ1n) is 8.79. The Morgan fingerprint density at radius 2 is 1.93 bits per heavy atom. The number of nitrogens with one attached hydrogen (secondary N) is 1. The number of carbonyl (C=O) groups is 1. The maximum absolute atomic E-state index is 13.0. The van der Waals surface area contributed by atoms with E-state index in [9.17, 15) is 14.0 Å². The number of amides is 1. The average Bonchev–Trinajstić information content (AvgIpc) is 3.26. The Balaban J connectivity index is 1.63. The summed E-state index contributed by atoms with van der Waals surface area (Å²) in [5.41, 5.74) is 1.27. The minimum atomic E-state index is -0.417. The molecule has 1 aliphatic heterocycles. The first-order valence-corrected chi connectivity index (χ1v) is 8.79. The Kier molecular flexibility index (Phi) is 4.35. The molecule has 2 aromatic heterocycles. The summed E-state index contributed by atoms with van der Waals surface area (Å²) in [4.78, 5) is 31.7. The van der Waals surface area contributed by atoms with Crippen molar-refractivity contribution in [1.29, 1.82) is 0 Å². The van der Waals surface area contributed by atoms with Gasteiger partial charge in [-0.15, -0.1) is 5.10 Å². The van der Waals surface area contributed by atoms with E-state index in [1.165, 1.54) is 28.7 Å². The molecule has 0 radical (unpaired) electrons. The van der Waals surface area contributed by atoms with Crippen molar-refractivity contribution in [2.45, 2.75) is 26.3 Å². The van der Waals surface area contributed by atoms with Crippen LogP contribution in [0.5, 0.6) is 0 Å². The van der Waals surface area contributed by atoms with E-state index in [2.05, 4.69) is 20.3 Å². The first-order chi connectivity index (χ1) is 13.0. The second-order valence-electron chi connectivity index (χ2n) is 6.58. The van der Waals surface area contributed by atoms with E-state index in [1.807, 2.05) is 6.92 Å². The highest BCUT2D eigenvalue weighted by Crippen LogP contribution is 2.18. The molecule has 3 heterocycles. The lowest BCUT2D eigenvalue weighted by Crippen LogP contribution is -2.31. The normalized spacial score (nSPS) is 14.1. The van der Waals surface area contributed by atoms with Gasteiger partial charge >= 0.3 is 5.69 Å². The highest BCUT2D eigenvalue weighted by molar-refractivity contribution is 5.90. The van der Waals surface area contributed by atoms with E-state index in [1.54, 1.807) is 6.07 Å². The summed E-state index contributed by atoms with van der Waals surface area (Å²) in [5.74, 6) is -0.237. The van der Waals surface area contributed by atoms with Crippen molar-refractivity contribution in [3.05, 3.63) is 52.3 Å². The third kappa shape index (κ3) is 3.40. The zero-order chi connectivity index (χ0) is 19.0. The number of aryl methyl sites for hydroxylation is 1. The summed E-state index contributed by atoms with van der Waals surface area (Å²) in [6.45, 7) is 3.29. The third-order valence-electron chi connectivity index (χ3n) is 4.49. The molecule has 8 nitrogen and oxygen atoms in total. The molecule has 1 aromatic carbocycles. The van der Waals surface area contributed by atoms with E-state index in [-0.39, 0.29) is 12.4 Å². The molecule has 4 rings (SSSR count). The number of aromatic nitrogens is 4. The zero-order valence-electron chi connectivity index (χ0n) is 14.9. The molecular weight excluding hydrogens is 351 g/mol. The van der Waals surface area contributed by atoms with Crippen molar-refractivity contribution in [1.82, 2.24) is 19.2 Å². The lowest BCUT2D eigenvalue weighted by atomic mass is 10.3. The van der Waals surface area contributed by atoms with Crippen LogP contribution in [0.1, 0.15) is 18.5 Å². The predicted molar refractivity (Wildman–Crippen MR) is 98.5 cm³/mol. The molecule has 1 fully saturated rings. The van der Waals surface area contributed by atoms with Crippen molar-refractivity contribution in [2.75, 3.05) is 23.3 Å². The minimum absolute atomic E-state index is 0.240. The highest BCUT2D eigenvalue weighted by Gasteiger charge is 2.21. The molecule has 0 unspecified atom stereocenters. The van der Waals surface area contributed by atoms with Crippen molar-refractivity contribution in [2.24, 2.45) is 0 Å². The van der Waals surface area contributed by atoms with Gasteiger partial charge in [0.25, 0.3) is 0 Å². The SMILES string of the molecule is Cc1cc2nn(CC(=O)Nc3ccc(F)cc3)c(=O)n2c(N2CCCC2)n1. The summed E-state index contributed by atoms with van der Waals surface area (Å²) in [6, 6.07) is 7.14. The fourth-order valence-corrected chi connectivity index (χ4v) is 3.23. The molecule has 140 valence electrons. The molecule has 1 saturated heterocycles. The van der Waals surface area contributed by atoms with Crippen molar-refractivity contribution >= 4 is 23.2 Å². The van der Waals surface area contributed by atoms with Gasteiger partial charge in [-0.2, -0.15) is 0 Å². The van der Waals surface area contributed by atoms with Gasteiger partial charge in [-0.1, -0.05) is 0 Å². The van der Waals surface area contributed by atoms with E-state index in [0.29, 0.717) is 17.3 Å². The second-order valence-corrected chi connectivity index (χ2v) is 6.58. The second kappa shape index (κ2) is 6.82. The molecule has 27 heavy (non-hydrogen) atoms.